The maximum Gasteiger partial charge on any atom is 0.252 e. The predicted octanol–water partition coefficient (Wildman–Crippen LogP) is 7.47. The van der Waals surface area contributed by atoms with Crippen molar-refractivity contribution in [2.24, 2.45) is 0 Å². The van der Waals surface area contributed by atoms with Crippen LogP contribution in [0.1, 0.15) is 80.6 Å². The highest BCUT2D eigenvalue weighted by Crippen LogP contribution is 2.25. The van der Waals surface area contributed by atoms with Crippen molar-refractivity contribution in [2.45, 2.75) is 71.6 Å². The first-order chi connectivity index (χ1) is 15.2. The Morgan fingerprint density at radius 1 is 0.839 bits per heavy atom. The van der Waals surface area contributed by atoms with Crippen LogP contribution in [0.15, 0.2) is 54.6 Å². The second-order valence-electron chi connectivity index (χ2n) is 8.53. The molecule has 0 aliphatic heterocycles. The Morgan fingerprint density at radius 3 is 2.29 bits per heavy atom. The van der Waals surface area contributed by atoms with Crippen LogP contribution in [-0.4, -0.2) is 17.4 Å². The van der Waals surface area contributed by atoms with Gasteiger partial charge >= 0.3 is 0 Å². The van der Waals surface area contributed by atoms with Crippen molar-refractivity contribution in [2.75, 3.05) is 6.54 Å². The SMILES string of the molecule is CCCCCCCCCCCNC(=O)c1cc(-c2cccc(C)c2)nc2ccccc12. The van der Waals surface area contributed by atoms with E-state index in [0.29, 0.717) is 5.56 Å². The second kappa shape index (κ2) is 12.2. The summed E-state index contributed by atoms with van der Waals surface area (Å²) >= 11 is 0. The normalized spacial score (nSPS) is 11.0. The molecule has 1 heterocycles. The summed E-state index contributed by atoms with van der Waals surface area (Å²) in [6.45, 7) is 5.06. The number of nitrogens with zero attached hydrogens (tertiary/aromatic N) is 1. The minimum Gasteiger partial charge on any atom is -0.352 e. The standard InChI is InChI=1S/C28H36N2O/c1-3-4-5-6-7-8-9-10-13-19-29-28(31)25-21-27(23-16-14-15-22(2)20-23)30-26-18-12-11-17-24(25)26/h11-12,14-18,20-21H,3-10,13,19H2,1-2H3,(H,29,31). The zero-order valence-electron chi connectivity index (χ0n) is 19.1. The van der Waals surface area contributed by atoms with Crippen LogP contribution in [0.5, 0.6) is 0 Å². The molecule has 0 aliphatic rings. The molecule has 31 heavy (non-hydrogen) atoms. The van der Waals surface area contributed by atoms with E-state index in [2.05, 4.69) is 31.3 Å². The summed E-state index contributed by atoms with van der Waals surface area (Å²) in [5.41, 5.74) is 4.63. The number of hydrogen-bond donors (Lipinski definition) is 1. The Kier molecular flexibility index (Phi) is 9.08. The Balaban J connectivity index is 1.58. The molecular weight excluding hydrogens is 380 g/mol. The van der Waals surface area contributed by atoms with Crippen molar-refractivity contribution in [3.63, 3.8) is 0 Å². The molecule has 3 aromatic rings. The summed E-state index contributed by atoms with van der Waals surface area (Å²) in [7, 11) is 0. The zero-order valence-corrected chi connectivity index (χ0v) is 19.1. The molecule has 0 unspecified atom stereocenters. The lowest BCUT2D eigenvalue weighted by atomic mass is 10.0. The molecule has 0 saturated heterocycles. The molecule has 0 atom stereocenters. The third kappa shape index (κ3) is 6.92. The first-order valence-electron chi connectivity index (χ1n) is 11.9. The number of benzene rings is 2. The molecule has 0 bridgehead atoms. The highest BCUT2D eigenvalue weighted by Gasteiger charge is 2.13. The van der Waals surface area contributed by atoms with E-state index in [4.69, 9.17) is 4.98 Å². The molecule has 0 saturated carbocycles. The van der Waals surface area contributed by atoms with Crippen LogP contribution < -0.4 is 5.32 Å². The maximum atomic E-state index is 13.0. The Hall–Kier alpha value is -2.68. The number of para-hydroxylation sites is 1. The van der Waals surface area contributed by atoms with E-state index in [-0.39, 0.29) is 5.91 Å². The van der Waals surface area contributed by atoms with E-state index < -0.39 is 0 Å². The summed E-state index contributed by atoms with van der Waals surface area (Å²) in [5.74, 6) is -0.00734. The number of carbonyl (C=O) groups excluding carboxylic acids is 1. The van der Waals surface area contributed by atoms with Gasteiger partial charge in [0.1, 0.15) is 0 Å². The number of rotatable bonds is 12. The molecule has 0 spiro atoms. The summed E-state index contributed by atoms with van der Waals surface area (Å²) in [4.78, 5) is 17.8. The number of fused-ring (bicyclic) bond motifs is 1. The maximum absolute atomic E-state index is 13.0. The van der Waals surface area contributed by atoms with E-state index >= 15 is 0 Å². The molecular formula is C28H36N2O. The van der Waals surface area contributed by atoms with E-state index in [9.17, 15) is 4.79 Å². The lowest BCUT2D eigenvalue weighted by Gasteiger charge is -2.11. The smallest absolute Gasteiger partial charge is 0.252 e. The van der Waals surface area contributed by atoms with Crippen LogP contribution >= 0.6 is 0 Å². The molecule has 1 amide bonds. The van der Waals surface area contributed by atoms with Gasteiger partial charge in [0.2, 0.25) is 0 Å². The predicted molar refractivity (Wildman–Crippen MR) is 131 cm³/mol. The van der Waals surface area contributed by atoms with E-state index in [1.54, 1.807) is 0 Å². The van der Waals surface area contributed by atoms with Gasteiger partial charge in [-0.05, 0) is 31.5 Å². The fourth-order valence-electron chi connectivity index (χ4n) is 4.05. The van der Waals surface area contributed by atoms with Crippen molar-refractivity contribution in [1.82, 2.24) is 10.3 Å². The summed E-state index contributed by atoms with van der Waals surface area (Å²) in [6, 6.07) is 18.1. The average molecular weight is 417 g/mol. The molecule has 2 aromatic carbocycles. The van der Waals surface area contributed by atoms with Crippen LogP contribution in [0.2, 0.25) is 0 Å². The van der Waals surface area contributed by atoms with Gasteiger partial charge in [0.05, 0.1) is 16.8 Å². The van der Waals surface area contributed by atoms with Gasteiger partial charge in [0.25, 0.3) is 5.91 Å². The molecule has 3 heteroatoms. The molecule has 1 N–H and O–H groups in total. The van der Waals surface area contributed by atoms with Gasteiger partial charge in [-0.2, -0.15) is 0 Å². The van der Waals surface area contributed by atoms with Crippen molar-refractivity contribution in [3.05, 3.63) is 65.7 Å². The quantitative estimate of drug-likeness (QED) is 0.311. The number of aryl methyl sites for hydroxylation is 1. The van der Waals surface area contributed by atoms with Gasteiger partial charge in [-0.1, -0.05) is 100 Å². The molecule has 0 aliphatic carbocycles. The lowest BCUT2D eigenvalue weighted by molar-refractivity contribution is 0.0954. The molecule has 0 radical (unpaired) electrons. The number of unbranched alkanes of at least 4 members (excludes halogenated alkanes) is 8. The Labute approximate surface area is 187 Å². The Morgan fingerprint density at radius 2 is 1.55 bits per heavy atom. The van der Waals surface area contributed by atoms with Crippen LogP contribution in [0.4, 0.5) is 0 Å². The van der Waals surface area contributed by atoms with Gasteiger partial charge < -0.3 is 5.32 Å². The topological polar surface area (TPSA) is 42.0 Å². The van der Waals surface area contributed by atoms with Crippen LogP contribution in [0, 0.1) is 6.92 Å². The fourth-order valence-corrected chi connectivity index (χ4v) is 4.05. The summed E-state index contributed by atoms with van der Waals surface area (Å²) in [5, 5.41) is 4.04. The highest BCUT2D eigenvalue weighted by atomic mass is 16.1. The second-order valence-corrected chi connectivity index (χ2v) is 8.53. The average Bonchev–Trinajstić information content (AvgIpc) is 2.79. The monoisotopic (exact) mass is 416 g/mol. The molecule has 1 aromatic heterocycles. The minimum atomic E-state index is -0.00734. The largest absolute Gasteiger partial charge is 0.352 e. The Bertz CT molecular complexity index is 980. The number of aromatic nitrogens is 1. The lowest BCUT2D eigenvalue weighted by Crippen LogP contribution is -2.24. The van der Waals surface area contributed by atoms with Crippen molar-refractivity contribution >= 4 is 16.8 Å². The first-order valence-corrected chi connectivity index (χ1v) is 11.9. The number of carbonyl (C=O) groups is 1. The number of pyridine rings is 1. The first kappa shape index (κ1) is 23.0. The molecule has 3 nitrogen and oxygen atoms in total. The van der Waals surface area contributed by atoms with Crippen molar-refractivity contribution in [1.29, 1.82) is 0 Å². The molecule has 164 valence electrons. The van der Waals surface area contributed by atoms with Crippen LogP contribution in [0.25, 0.3) is 22.2 Å². The number of amides is 1. The van der Waals surface area contributed by atoms with Gasteiger partial charge in [-0.25, -0.2) is 4.98 Å². The van der Waals surface area contributed by atoms with E-state index in [0.717, 1.165) is 35.1 Å². The fraction of sp³-hybridized carbons (Fsp3) is 0.429. The van der Waals surface area contributed by atoms with Crippen LogP contribution in [0.3, 0.4) is 0 Å². The van der Waals surface area contributed by atoms with Gasteiger partial charge in [0.15, 0.2) is 0 Å². The third-order valence-corrected chi connectivity index (χ3v) is 5.84. The van der Waals surface area contributed by atoms with Gasteiger partial charge in [-0.3, -0.25) is 4.79 Å². The highest BCUT2D eigenvalue weighted by molar-refractivity contribution is 6.07. The number of nitrogens with one attached hydrogen (secondary N) is 1. The number of hydrogen-bond acceptors (Lipinski definition) is 2. The molecule has 0 fully saturated rings. The molecule has 3 rings (SSSR count). The van der Waals surface area contributed by atoms with Crippen molar-refractivity contribution < 1.29 is 4.79 Å². The van der Waals surface area contributed by atoms with Crippen molar-refractivity contribution in [3.8, 4) is 11.3 Å². The van der Waals surface area contributed by atoms with E-state index in [1.807, 2.05) is 42.5 Å². The van der Waals surface area contributed by atoms with Crippen LogP contribution in [-0.2, 0) is 0 Å². The van der Waals surface area contributed by atoms with Gasteiger partial charge in [0, 0.05) is 17.5 Å². The van der Waals surface area contributed by atoms with E-state index in [1.165, 1.54) is 56.9 Å². The van der Waals surface area contributed by atoms with Gasteiger partial charge in [-0.15, -0.1) is 0 Å². The zero-order chi connectivity index (χ0) is 21.9. The minimum absolute atomic E-state index is 0.00734. The summed E-state index contributed by atoms with van der Waals surface area (Å²) in [6.07, 6.45) is 11.5. The third-order valence-electron chi connectivity index (χ3n) is 5.84. The summed E-state index contributed by atoms with van der Waals surface area (Å²) < 4.78 is 0.